The van der Waals surface area contributed by atoms with Gasteiger partial charge in [0, 0.05) is 22.2 Å². The monoisotopic (exact) mass is 319 g/mol. The van der Waals surface area contributed by atoms with Gasteiger partial charge in [-0.05, 0) is 41.8 Å². The molecule has 0 saturated carbocycles. The zero-order chi connectivity index (χ0) is 15.1. The summed E-state index contributed by atoms with van der Waals surface area (Å²) in [5.74, 6) is 1.60. The van der Waals surface area contributed by atoms with Crippen LogP contribution in [0.5, 0.6) is 0 Å². The minimum Gasteiger partial charge on any atom is -0.312 e. The summed E-state index contributed by atoms with van der Waals surface area (Å²) in [4.78, 5) is 1.28. The highest BCUT2D eigenvalue weighted by Crippen LogP contribution is 2.26. The lowest BCUT2D eigenvalue weighted by atomic mass is 10.2. The predicted octanol–water partition coefficient (Wildman–Crippen LogP) is 5.38. The van der Waals surface area contributed by atoms with Crippen LogP contribution in [0, 0.1) is 5.92 Å². The topological polar surface area (TPSA) is 12.0 Å². The first-order valence-corrected chi connectivity index (χ1v) is 8.67. The largest absolute Gasteiger partial charge is 0.312 e. The maximum atomic E-state index is 6.18. The third-order valence-corrected chi connectivity index (χ3v) is 4.59. The van der Waals surface area contributed by atoms with Gasteiger partial charge in [-0.25, -0.2) is 0 Å². The smallest absolute Gasteiger partial charge is 0.0446 e. The summed E-state index contributed by atoms with van der Waals surface area (Å²) in [6.07, 6.45) is 0. The molecule has 3 heteroatoms. The number of benzene rings is 2. The number of nitrogens with one attached hydrogen (secondary N) is 1. The van der Waals surface area contributed by atoms with E-state index in [0.717, 1.165) is 23.9 Å². The molecule has 2 rings (SSSR count). The molecule has 0 heterocycles. The van der Waals surface area contributed by atoms with E-state index < -0.39 is 0 Å². The zero-order valence-electron chi connectivity index (χ0n) is 12.6. The van der Waals surface area contributed by atoms with E-state index in [9.17, 15) is 0 Å². The van der Waals surface area contributed by atoms with Crippen LogP contribution in [-0.4, -0.2) is 6.54 Å². The highest BCUT2D eigenvalue weighted by Gasteiger charge is 2.01. The Labute approximate surface area is 137 Å². The molecule has 2 aromatic rings. The van der Waals surface area contributed by atoms with Gasteiger partial charge < -0.3 is 5.32 Å². The van der Waals surface area contributed by atoms with E-state index in [2.05, 4.69) is 49.5 Å². The fourth-order valence-corrected chi connectivity index (χ4v) is 3.17. The number of halogens is 1. The van der Waals surface area contributed by atoms with Gasteiger partial charge in [-0.1, -0.05) is 55.8 Å². The standard InChI is InChI=1S/C18H22ClNS/c1-14(2)11-20-12-15-7-9-17(10-8-15)21-13-16-5-3-4-6-18(16)19/h3-10,14,20H,11-13H2,1-2H3. The summed E-state index contributed by atoms with van der Waals surface area (Å²) in [6.45, 7) is 6.44. The molecule has 1 N–H and O–H groups in total. The van der Waals surface area contributed by atoms with Crippen molar-refractivity contribution >= 4 is 23.4 Å². The van der Waals surface area contributed by atoms with Crippen molar-refractivity contribution in [2.75, 3.05) is 6.54 Å². The Hall–Kier alpha value is -0.960. The predicted molar refractivity (Wildman–Crippen MR) is 94.0 cm³/mol. The molecule has 0 spiro atoms. The molecule has 0 amide bonds. The highest BCUT2D eigenvalue weighted by molar-refractivity contribution is 7.98. The Bertz CT molecular complexity index is 551. The minimum atomic E-state index is 0.690. The van der Waals surface area contributed by atoms with Crippen molar-refractivity contribution in [1.82, 2.24) is 5.32 Å². The van der Waals surface area contributed by atoms with Crippen molar-refractivity contribution in [3.05, 3.63) is 64.7 Å². The molecule has 0 aliphatic rings. The Morgan fingerprint density at radius 3 is 2.43 bits per heavy atom. The molecule has 112 valence electrons. The van der Waals surface area contributed by atoms with Gasteiger partial charge in [0.25, 0.3) is 0 Å². The summed E-state index contributed by atoms with van der Waals surface area (Å²) in [5, 5.41) is 4.31. The van der Waals surface area contributed by atoms with Crippen molar-refractivity contribution in [2.24, 2.45) is 5.92 Å². The fourth-order valence-electron chi connectivity index (χ4n) is 1.99. The molecule has 0 saturated heterocycles. The maximum absolute atomic E-state index is 6.18. The average Bonchev–Trinajstić information content (AvgIpc) is 2.47. The first-order valence-electron chi connectivity index (χ1n) is 7.31. The molecular formula is C18H22ClNS. The third kappa shape index (κ3) is 5.74. The zero-order valence-corrected chi connectivity index (χ0v) is 14.2. The van der Waals surface area contributed by atoms with Crippen LogP contribution < -0.4 is 5.32 Å². The molecular weight excluding hydrogens is 298 g/mol. The van der Waals surface area contributed by atoms with Crippen molar-refractivity contribution in [2.45, 2.75) is 31.0 Å². The van der Waals surface area contributed by atoms with Crippen LogP contribution >= 0.6 is 23.4 Å². The number of hydrogen-bond donors (Lipinski definition) is 1. The Morgan fingerprint density at radius 2 is 1.76 bits per heavy atom. The van der Waals surface area contributed by atoms with E-state index in [4.69, 9.17) is 11.6 Å². The van der Waals surface area contributed by atoms with Crippen molar-refractivity contribution in [3.8, 4) is 0 Å². The molecule has 0 aromatic heterocycles. The van der Waals surface area contributed by atoms with E-state index in [1.807, 2.05) is 30.0 Å². The molecule has 0 aliphatic heterocycles. The van der Waals surface area contributed by atoms with E-state index in [1.54, 1.807) is 0 Å². The maximum Gasteiger partial charge on any atom is 0.0446 e. The lowest BCUT2D eigenvalue weighted by molar-refractivity contribution is 0.552. The quantitative estimate of drug-likeness (QED) is 0.688. The second-order valence-electron chi connectivity index (χ2n) is 5.55. The van der Waals surface area contributed by atoms with Gasteiger partial charge in [0.1, 0.15) is 0 Å². The van der Waals surface area contributed by atoms with Crippen LogP contribution in [0.25, 0.3) is 0 Å². The Kier molecular flexibility index (Phi) is 6.62. The van der Waals surface area contributed by atoms with Gasteiger partial charge in [0.05, 0.1) is 0 Å². The molecule has 21 heavy (non-hydrogen) atoms. The fraction of sp³-hybridized carbons (Fsp3) is 0.333. The van der Waals surface area contributed by atoms with E-state index in [-0.39, 0.29) is 0 Å². The van der Waals surface area contributed by atoms with Crippen LogP contribution in [0.1, 0.15) is 25.0 Å². The Balaban J connectivity index is 1.84. The Morgan fingerprint density at radius 1 is 1.05 bits per heavy atom. The van der Waals surface area contributed by atoms with E-state index in [1.165, 1.54) is 16.0 Å². The normalized spacial score (nSPS) is 11.0. The lowest BCUT2D eigenvalue weighted by Crippen LogP contribution is -2.18. The number of rotatable bonds is 7. The van der Waals surface area contributed by atoms with Gasteiger partial charge >= 0.3 is 0 Å². The van der Waals surface area contributed by atoms with Crippen LogP contribution in [-0.2, 0) is 12.3 Å². The van der Waals surface area contributed by atoms with Crippen LogP contribution in [0.2, 0.25) is 5.02 Å². The summed E-state index contributed by atoms with van der Waals surface area (Å²) >= 11 is 8.00. The molecule has 0 radical (unpaired) electrons. The summed E-state index contributed by atoms with van der Waals surface area (Å²) in [6, 6.07) is 16.8. The lowest BCUT2D eigenvalue weighted by Gasteiger charge is -2.08. The minimum absolute atomic E-state index is 0.690. The number of hydrogen-bond acceptors (Lipinski definition) is 2. The molecule has 0 aliphatic carbocycles. The van der Waals surface area contributed by atoms with Crippen molar-refractivity contribution < 1.29 is 0 Å². The molecule has 0 fully saturated rings. The van der Waals surface area contributed by atoms with Gasteiger partial charge in [0.2, 0.25) is 0 Å². The second-order valence-corrected chi connectivity index (χ2v) is 7.00. The van der Waals surface area contributed by atoms with E-state index >= 15 is 0 Å². The summed E-state index contributed by atoms with van der Waals surface area (Å²) < 4.78 is 0. The van der Waals surface area contributed by atoms with Crippen LogP contribution in [0.15, 0.2) is 53.4 Å². The molecule has 1 nitrogen and oxygen atoms in total. The van der Waals surface area contributed by atoms with Crippen LogP contribution in [0.4, 0.5) is 0 Å². The average molecular weight is 320 g/mol. The SMILES string of the molecule is CC(C)CNCc1ccc(SCc2ccccc2Cl)cc1. The van der Waals surface area contributed by atoms with Gasteiger partial charge in [-0.15, -0.1) is 11.8 Å². The van der Waals surface area contributed by atoms with Crippen LogP contribution in [0.3, 0.4) is 0 Å². The second kappa shape index (κ2) is 8.47. The first kappa shape index (κ1) is 16.4. The molecule has 2 aromatic carbocycles. The van der Waals surface area contributed by atoms with E-state index in [0.29, 0.717) is 5.92 Å². The molecule has 0 atom stereocenters. The van der Waals surface area contributed by atoms with Gasteiger partial charge in [-0.2, -0.15) is 0 Å². The molecule has 0 unspecified atom stereocenters. The number of thioether (sulfide) groups is 1. The molecule has 0 bridgehead atoms. The third-order valence-electron chi connectivity index (χ3n) is 3.16. The summed E-state index contributed by atoms with van der Waals surface area (Å²) in [7, 11) is 0. The first-order chi connectivity index (χ1) is 10.1. The van der Waals surface area contributed by atoms with Crippen molar-refractivity contribution in [1.29, 1.82) is 0 Å². The van der Waals surface area contributed by atoms with Gasteiger partial charge in [-0.3, -0.25) is 0 Å². The van der Waals surface area contributed by atoms with Crippen molar-refractivity contribution in [3.63, 3.8) is 0 Å². The highest BCUT2D eigenvalue weighted by atomic mass is 35.5. The summed E-state index contributed by atoms with van der Waals surface area (Å²) in [5.41, 5.74) is 2.52. The van der Waals surface area contributed by atoms with Gasteiger partial charge in [0.15, 0.2) is 0 Å².